The van der Waals surface area contributed by atoms with Gasteiger partial charge in [0, 0.05) is 5.56 Å². The lowest BCUT2D eigenvalue weighted by Gasteiger charge is -2.09. The molecule has 0 amide bonds. The maximum atomic E-state index is 12.4. The number of aromatic carboxylic acids is 1. The van der Waals surface area contributed by atoms with Crippen LogP contribution in [0.2, 0.25) is 0 Å². The van der Waals surface area contributed by atoms with E-state index in [1.165, 1.54) is 16.9 Å². The largest absolute Gasteiger partial charge is 0.478 e. The maximum Gasteiger partial charge on any atom is 0.335 e. The lowest BCUT2D eigenvalue weighted by molar-refractivity contribution is 0.0696. The molecule has 2 aromatic carbocycles. The molecule has 24 heavy (non-hydrogen) atoms. The standard InChI is InChI=1S/C18H15N3O3/c1-11-8-14(18(23)24)9-16(12(11)2)21-10-15(19-20-21)17(22)13-6-4-3-5-7-13/h3-10H,1-2H3,(H,23,24). The van der Waals surface area contributed by atoms with Crippen molar-refractivity contribution in [3.05, 3.63) is 76.6 Å². The molecule has 0 atom stereocenters. The quantitative estimate of drug-likeness (QED) is 0.747. The first-order valence-electron chi connectivity index (χ1n) is 7.34. The zero-order valence-electron chi connectivity index (χ0n) is 13.2. The number of ketones is 1. The summed E-state index contributed by atoms with van der Waals surface area (Å²) in [5, 5.41) is 17.1. The van der Waals surface area contributed by atoms with Crippen molar-refractivity contribution in [1.29, 1.82) is 0 Å². The second-order valence-corrected chi connectivity index (χ2v) is 5.49. The van der Waals surface area contributed by atoms with Crippen molar-refractivity contribution < 1.29 is 14.7 Å². The van der Waals surface area contributed by atoms with Crippen molar-refractivity contribution >= 4 is 11.8 Å². The lowest BCUT2D eigenvalue weighted by atomic mass is 10.0. The molecule has 0 bridgehead atoms. The van der Waals surface area contributed by atoms with E-state index in [4.69, 9.17) is 0 Å². The van der Waals surface area contributed by atoms with Gasteiger partial charge >= 0.3 is 5.97 Å². The summed E-state index contributed by atoms with van der Waals surface area (Å²) in [6.07, 6.45) is 1.52. The molecule has 120 valence electrons. The number of hydrogen-bond acceptors (Lipinski definition) is 4. The number of carboxylic acid groups (broad SMARTS) is 1. The number of carboxylic acids is 1. The van der Waals surface area contributed by atoms with Gasteiger partial charge in [0.15, 0.2) is 5.69 Å². The van der Waals surface area contributed by atoms with Crippen LogP contribution in [0.5, 0.6) is 0 Å². The highest BCUT2D eigenvalue weighted by molar-refractivity contribution is 6.07. The highest BCUT2D eigenvalue weighted by atomic mass is 16.4. The molecule has 3 aromatic rings. The second kappa shape index (κ2) is 6.08. The average molecular weight is 321 g/mol. The minimum Gasteiger partial charge on any atom is -0.478 e. The normalized spacial score (nSPS) is 10.6. The van der Waals surface area contributed by atoms with E-state index in [9.17, 15) is 14.7 Å². The third-order valence-corrected chi connectivity index (χ3v) is 3.90. The number of carbonyl (C=O) groups is 2. The highest BCUT2D eigenvalue weighted by Gasteiger charge is 2.16. The summed E-state index contributed by atoms with van der Waals surface area (Å²) in [6.45, 7) is 3.70. The number of aryl methyl sites for hydroxylation is 1. The minimum absolute atomic E-state index is 0.166. The smallest absolute Gasteiger partial charge is 0.335 e. The number of rotatable bonds is 4. The molecule has 1 aromatic heterocycles. The van der Waals surface area contributed by atoms with Crippen molar-refractivity contribution in [3.63, 3.8) is 0 Å². The van der Waals surface area contributed by atoms with Crippen LogP contribution in [0.1, 0.15) is 37.5 Å². The van der Waals surface area contributed by atoms with E-state index in [0.717, 1.165) is 11.1 Å². The number of nitrogens with zero attached hydrogens (tertiary/aromatic N) is 3. The van der Waals surface area contributed by atoms with E-state index in [0.29, 0.717) is 11.3 Å². The summed E-state index contributed by atoms with van der Waals surface area (Å²) in [7, 11) is 0. The maximum absolute atomic E-state index is 12.4. The van der Waals surface area contributed by atoms with Crippen LogP contribution < -0.4 is 0 Å². The summed E-state index contributed by atoms with van der Waals surface area (Å²) in [5.41, 5.74) is 3.20. The number of benzene rings is 2. The molecular formula is C18H15N3O3. The summed E-state index contributed by atoms with van der Waals surface area (Å²) in [5.74, 6) is -1.24. The number of hydrogen-bond donors (Lipinski definition) is 1. The first kappa shape index (κ1) is 15.6. The van der Waals surface area contributed by atoms with Crippen molar-refractivity contribution in [3.8, 4) is 5.69 Å². The Labute approximate surface area is 138 Å². The van der Waals surface area contributed by atoms with Crippen LogP contribution in [0, 0.1) is 13.8 Å². The van der Waals surface area contributed by atoms with Gasteiger partial charge in [0.05, 0.1) is 17.4 Å². The molecule has 0 saturated heterocycles. The van der Waals surface area contributed by atoms with Crippen LogP contribution in [0.15, 0.2) is 48.7 Å². The SMILES string of the molecule is Cc1cc(C(=O)O)cc(-n2cc(C(=O)c3ccccc3)nn2)c1C. The Morgan fingerprint density at radius 2 is 1.75 bits per heavy atom. The summed E-state index contributed by atoms with van der Waals surface area (Å²) < 4.78 is 1.44. The molecule has 0 aliphatic heterocycles. The van der Waals surface area contributed by atoms with Crippen molar-refractivity contribution in [2.45, 2.75) is 13.8 Å². The number of carbonyl (C=O) groups excluding carboxylic acids is 1. The highest BCUT2D eigenvalue weighted by Crippen LogP contribution is 2.20. The third kappa shape index (κ3) is 2.81. The molecular weight excluding hydrogens is 306 g/mol. The Morgan fingerprint density at radius 1 is 1.04 bits per heavy atom. The molecule has 0 aliphatic carbocycles. The summed E-state index contributed by atoms with van der Waals surface area (Å²) >= 11 is 0. The van der Waals surface area contributed by atoms with Gasteiger partial charge < -0.3 is 5.11 Å². The van der Waals surface area contributed by atoms with E-state index >= 15 is 0 Å². The van der Waals surface area contributed by atoms with Crippen molar-refractivity contribution in [2.24, 2.45) is 0 Å². The van der Waals surface area contributed by atoms with Gasteiger partial charge in [-0.15, -0.1) is 5.10 Å². The van der Waals surface area contributed by atoms with E-state index in [-0.39, 0.29) is 17.0 Å². The van der Waals surface area contributed by atoms with Crippen molar-refractivity contribution in [1.82, 2.24) is 15.0 Å². The molecule has 0 fully saturated rings. The Hall–Kier alpha value is -3.28. The van der Waals surface area contributed by atoms with Gasteiger partial charge in [-0.05, 0) is 37.1 Å². The van der Waals surface area contributed by atoms with Crippen LogP contribution in [-0.4, -0.2) is 31.9 Å². The first-order chi connectivity index (χ1) is 11.5. The zero-order chi connectivity index (χ0) is 17.3. The Morgan fingerprint density at radius 3 is 2.42 bits per heavy atom. The van der Waals surface area contributed by atoms with E-state index in [1.54, 1.807) is 30.3 Å². The van der Waals surface area contributed by atoms with E-state index in [2.05, 4.69) is 10.3 Å². The summed E-state index contributed by atoms with van der Waals surface area (Å²) in [4.78, 5) is 23.7. The Bertz CT molecular complexity index is 930. The molecule has 0 saturated carbocycles. The van der Waals surface area contributed by atoms with Crippen molar-refractivity contribution in [2.75, 3.05) is 0 Å². The fourth-order valence-electron chi connectivity index (χ4n) is 2.43. The average Bonchev–Trinajstić information content (AvgIpc) is 3.07. The van der Waals surface area contributed by atoms with Gasteiger partial charge in [-0.3, -0.25) is 4.79 Å². The third-order valence-electron chi connectivity index (χ3n) is 3.90. The van der Waals surface area contributed by atoms with Gasteiger partial charge in [-0.25, -0.2) is 9.48 Å². The molecule has 6 heteroatoms. The van der Waals surface area contributed by atoms with Crippen LogP contribution in [0.4, 0.5) is 0 Å². The van der Waals surface area contributed by atoms with Crippen LogP contribution in [0.3, 0.4) is 0 Å². The van der Waals surface area contributed by atoms with Gasteiger partial charge in [0.1, 0.15) is 0 Å². The minimum atomic E-state index is -1.01. The van der Waals surface area contributed by atoms with Crippen LogP contribution in [-0.2, 0) is 0 Å². The van der Waals surface area contributed by atoms with Gasteiger partial charge in [0.25, 0.3) is 0 Å². The Balaban J connectivity index is 2.03. The second-order valence-electron chi connectivity index (χ2n) is 5.49. The molecule has 0 unspecified atom stereocenters. The van der Waals surface area contributed by atoms with Crippen LogP contribution in [0.25, 0.3) is 5.69 Å². The fourth-order valence-corrected chi connectivity index (χ4v) is 2.43. The zero-order valence-corrected chi connectivity index (χ0v) is 13.2. The monoisotopic (exact) mass is 321 g/mol. The topological polar surface area (TPSA) is 85.1 Å². The molecule has 3 rings (SSSR count). The first-order valence-corrected chi connectivity index (χ1v) is 7.34. The molecule has 0 aliphatic rings. The molecule has 0 spiro atoms. The summed E-state index contributed by atoms with van der Waals surface area (Å²) in [6, 6.07) is 11.9. The van der Waals surface area contributed by atoms with E-state index < -0.39 is 5.97 Å². The van der Waals surface area contributed by atoms with E-state index in [1.807, 2.05) is 19.9 Å². The van der Waals surface area contributed by atoms with Gasteiger partial charge in [0.2, 0.25) is 5.78 Å². The molecule has 0 radical (unpaired) electrons. The van der Waals surface area contributed by atoms with Crippen LogP contribution >= 0.6 is 0 Å². The van der Waals surface area contributed by atoms with Gasteiger partial charge in [-0.1, -0.05) is 35.5 Å². The Kier molecular flexibility index (Phi) is 3.95. The number of aromatic nitrogens is 3. The molecule has 6 nitrogen and oxygen atoms in total. The fraction of sp³-hybridized carbons (Fsp3) is 0.111. The molecule has 1 heterocycles. The molecule has 1 N–H and O–H groups in total. The lowest BCUT2D eigenvalue weighted by Crippen LogP contribution is -2.05. The predicted molar refractivity (Wildman–Crippen MR) is 87.7 cm³/mol. The van der Waals surface area contributed by atoms with Gasteiger partial charge in [-0.2, -0.15) is 0 Å². The predicted octanol–water partition coefficient (Wildman–Crippen LogP) is 2.81.